The molecule has 1 fully saturated rings. The van der Waals surface area contributed by atoms with E-state index in [1.54, 1.807) is 22.8 Å². The lowest BCUT2D eigenvalue weighted by Crippen LogP contribution is -2.41. The summed E-state index contributed by atoms with van der Waals surface area (Å²) in [6.45, 7) is 1.18. The molecule has 0 radical (unpaired) electrons. The molecule has 3 aromatic rings. The fraction of sp³-hybridized carbons (Fsp3) is 0.360. The number of amides is 2. The number of hydrogen-bond acceptors (Lipinski definition) is 5. The molecule has 1 aromatic heterocycles. The standard InChI is InChI=1S/C25H27ClN4O3S/c26-18-6-5-7-19(16-18)30-24(33)20-8-1-2-9-21(20)28-25(30)34-15-4-3-10-22(31)29-13-11-17(12-14-29)23(27)32/h1-2,5-9,16-17H,3-4,10-15H2,(H2,27,32). The van der Waals surface area contributed by atoms with E-state index in [4.69, 9.17) is 22.3 Å². The Bertz CT molecular complexity index is 1250. The number of unbranched alkanes of at least 4 members (excludes halogenated alkanes) is 1. The van der Waals surface area contributed by atoms with Crippen LogP contribution in [0.25, 0.3) is 16.6 Å². The van der Waals surface area contributed by atoms with Crippen LogP contribution in [0.4, 0.5) is 0 Å². The van der Waals surface area contributed by atoms with E-state index in [-0.39, 0.29) is 23.3 Å². The first-order valence-electron chi connectivity index (χ1n) is 11.4. The van der Waals surface area contributed by atoms with E-state index in [2.05, 4.69) is 0 Å². The molecule has 0 spiro atoms. The highest BCUT2D eigenvalue weighted by molar-refractivity contribution is 7.99. The number of para-hydroxylation sites is 1. The summed E-state index contributed by atoms with van der Waals surface area (Å²) in [5.41, 5.74) is 6.56. The average Bonchev–Trinajstić information content (AvgIpc) is 2.84. The lowest BCUT2D eigenvalue weighted by molar-refractivity contribution is -0.134. The van der Waals surface area contributed by atoms with Gasteiger partial charge in [0.05, 0.1) is 16.6 Å². The summed E-state index contributed by atoms with van der Waals surface area (Å²) in [6, 6.07) is 14.5. The number of hydrogen-bond donors (Lipinski definition) is 1. The van der Waals surface area contributed by atoms with Crippen LogP contribution in [-0.2, 0) is 9.59 Å². The number of nitrogens with zero attached hydrogens (tertiary/aromatic N) is 3. The number of nitrogens with two attached hydrogens (primary N) is 1. The van der Waals surface area contributed by atoms with Crippen molar-refractivity contribution in [3.05, 3.63) is 63.9 Å². The van der Waals surface area contributed by atoms with Crippen molar-refractivity contribution in [1.29, 1.82) is 0 Å². The zero-order valence-electron chi connectivity index (χ0n) is 18.8. The van der Waals surface area contributed by atoms with Gasteiger partial charge in [-0.2, -0.15) is 0 Å². The lowest BCUT2D eigenvalue weighted by Gasteiger charge is -2.30. The minimum absolute atomic E-state index is 0.118. The molecule has 0 unspecified atom stereocenters. The molecule has 2 heterocycles. The van der Waals surface area contributed by atoms with Crippen LogP contribution in [-0.4, -0.2) is 45.1 Å². The van der Waals surface area contributed by atoms with Crippen molar-refractivity contribution < 1.29 is 9.59 Å². The maximum absolute atomic E-state index is 13.3. The van der Waals surface area contributed by atoms with Crippen LogP contribution in [0, 0.1) is 5.92 Å². The quantitative estimate of drug-likeness (QED) is 0.287. The molecular weight excluding hydrogens is 472 g/mol. The predicted molar refractivity (Wildman–Crippen MR) is 135 cm³/mol. The zero-order chi connectivity index (χ0) is 24.1. The van der Waals surface area contributed by atoms with Crippen molar-refractivity contribution in [3.8, 4) is 5.69 Å². The van der Waals surface area contributed by atoms with Crippen molar-refractivity contribution in [2.24, 2.45) is 11.7 Å². The molecule has 34 heavy (non-hydrogen) atoms. The summed E-state index contributed by atoms with van der Waals surface area (Å²) in [6.07, 6.45) is 3.31. The van der Waals surface area contributed by atoms with Crippen LogP contribution in [0.15, 0.2) is 58.5 Å². The highest BCUT2D eigenvalue weighted by Gasteiger charge is 2.25. The van der Waals surface area contributed by atoms with E-state index in [0.29, 0.717) is 59.1 Å². The Balaban J connectivity index is 1.39. The van der Waals surface area contributed by atoms with Gasteiger partial charge in [0.1, 0.15) is 0 Å². The summed E-state index contributed by atoms with van der Waals surface area (Å²) in [5, 5.41) is 1.70. The van der Waals surface area contributed by atoms with Crippen molar-refractivity contribution in [3.63, 3.8) is 0 Å². The fourth-order valence-corrected chi connectivity index (χ4v) is 5.36. The smallest absolute Gasteiger partial charge is 0.266 e. The normalized spacial score (nSPS) is 14.4. The number of primary amides is 1. The van der Waals surface area contributed by atoms with Crippen molar-refractivity contribution >= 4 is 46.1 Å². The van der Waals surface area contributed by atoms with Gasteiger partial charge in [0.15, 0.2) is 5.16 Å². The molecule has 0 bridgehead atoms. The van der Waals surface area contributed by atoms with Crippen LogP contribution in [0.1, 0.15) is 32.1 Å². The Morgan fingerprint density at radius 1 is 1.09 bits per heavy atom. The third-order valence-electron chi connectivity index (χ3n) is 6.08. The first-order valence-corrected chi connectivity index (χ1v) is 12.8. The summed E-state index contributed by atoms with van der Waals surface area (Å²) < 4.78 is 1.60. The second-order valence-corrected chi connectivity index (χ2v) is 9.89. The number of thioether (sulfide) groups is 1. The molecule has 7 nitrogen and oxygen atoms in total. The Morgan fingerprint density at radius 2 is 1.85 bits per heavy atom. The fourth-order valence-electron chi connectivity index (χ4n) is 4.17. The monoisotopic (exact) mass is 498 g/mol. The third kappa shape index (κ3) is 5.62. The molecule has 1 saturated heterocycles. The van der Waals surface area contributed by atoms with Crippen LogP contribution in [0.3, 0.4) is 0 Å². The molecule has 4 rings (SSSR count). The Hall–Kier alpha value is -2.84. The molecule has 0 saturated carbocycles. The maximum Gasteiger partial charge on any atom is 0.266 e. The summed E-state index contributed by atoms with van der Waals surface area (Å²) in [4.78, 5) is 43.6. The third-order valence-corrected chi connectivity index (χ3v) is 7.34. The minimum Gasteiger partial charge on any atom is -0.369 e. The van der Waals surface area contributed by atoms with Crippen LogP contribution < -0.4 is 11.3 Å². The molecule has 0 aliphatic carbocycles. The van der Waals surface area contributed by atoms with Crippen molar-refractivity contribution in [2.45, 2.75) is 37.3 Å². The van der Waals surface area contributed by atoms with E-state index < -0.39 is 0 Å². The van der Waals surface area contributed by atoms with E-state index >= 15 is 0 Å². The molecular formula is C25H27ClN4O3S. The maximum atomic E-state index is 13.3. The number of piperidine rings is 1. The highest BCUT2D eigenvalue weighted by atomic mass is 35.5. The van der Waals surface area contributed by atoms with Gasteiger partial charge in [-0.05, 0) is 56.0 Å². The zero-order valence-corrected chi connectivity index (χ0v) is 20.4. The largest absolute Gasteiger partial charge is 0.369 e. The first-order chi connectivity index (χ1) is 16.4. The predicted octanol–water partition coefficient (Wildman–Crippen LogP) is 4.03. The van der Waals surface area contributed by atoms with E-state index in [0.717, 1.165) is 18.6 Å². The minimum atomic E-state index is -0.275. The number of carbonyl (C=O) groups is 2. The van der Waals surface area contributed by atoms with Crippen molar-refractivity contribution in [1.82, 2.24) is 14.5 Å². The van der Waals surface area contributed by atoms with Gasteiger partial charge < -0.3 is 10.6 Å². The van der Waals surface area contributed by atoms with Gasteiger partial charge in [-0.15, -0.1) is 0 Å². The number of rotatable bonds is 8. The van der Waals surface area contributed by atoms with E-state index in [9.17, 15) is 14.4 Å². The molecule has 1 aliphatic rings. The second kappa shape index (κ2) is 11.1. The van der Waals surface area contributed by atoms with Crippen LogP contribution in [0.5, 0.6) is 0 Å². The SMILES string of the molecule is NC(=O)C1CCN(C(=O)CCCCSc2nc3ccccc3c(=O)n2-c2cccc(Cl)c2)CC1. The molecule has 0 atom stereocenters. The highest BCUT2D eigenvalue weighted by Crippen LogP contribution is 2.24. The summed E-state index contributed by atoms with van der Waals surface area (Å²) in [7, 11) is 0. The van der Waals surface area contributed by atoms with Crippen LogP contribution >= 0.6 is 23.4 Å². The second-order valence-electron chi connectivity index (χ2n) is 8.39. The number of likely N-dealkylation sites (tertiary alicyclic amines) is 1. The van der Waals surface area contributed by atoms with Gasteiger partial charge >= 0.3 is 0 Å². The number of halogens is 1. The average molecular weight is 499 g/mol. The molecule has 1 aliphatic heterocycles. The lowest BCUT2D eigenvalue weighted by atomic mass is 9.96. The summed E-state index contributed by atoms with van der Waals surface area (Å²) >= 11 is 7.68. The number of benzene rings is 2. The van der Waals surface area contributed by atoms with Gasteiger partial charge in [-0.1, -0.05) is 41.6 Å². The Morgan fingerprint density at radius 3 is 2.59 bits per heavy atom. The van der Waals surface area contributed by atoms with Gasteiger partial charge in [-0.3, -0.25) is 19.0 Å². The van der Waals surface area contributed by atoms with Gasteiger partial charge in [-0.25, -0.2) is 4.98 Å². The van der Waals surface area contributed by atoms with Gasteiger partial charge in [0, 0.05) is 36.2 Å². The Labute approximate surface area is 207 Å². The number of aromatic nitrogens is 2. The molecule has 2 N–H and O–H groups in total. The van der Waals surface area contributed by atoms with Crippen LogP contribution in [0.2, 0.25) is 5.02 Å². The van der Waals surface area contributed by atoms with E-state index in [1.165, 1.54) is 11.8 Å². The molecule has 2 aromatic carbocycles. The van der Waals surface area contributed by atoms with Gasteiger partial charge in [0.25, 0.3) is 5.56 Å². The topological polar surface area (TPSA) is 98.3 Å². The van der Waals surface area contributed by atoms with E-state index in [1.807, 2.05) is 35.2 Å². The molecule has 2 amide bonds. The summed E-state index contributed by atoms with van der Waals surface area (Å²) in [5.74, 6) is 0.449. The molecule has 178 valence electrons. The van der Waals surface area contributed by atoms with Crippen molar-refractivity contribution in [2.75, 3.05) is 18.8 Å². The molecule has 9 heteroatoms. The number of fused-ring (bicyclic) bond motifs is 1. The Kier molecular flexibility index (Phi) is 7.90. The first kappa shape index (κ1) is 24.3. The van der Waals surface area contributed by atoms with Gasteiger partial charge in [0.2, 0.25) is 11.8 Å². The number of carbonyl (C=O) groups excluding carboxylic acids is 2.